The average molecular weight is 541 g/mol. The lowest BCUT2D eigenvalue weighted by atomic mass is 9.87. The van der Waals surface area contributed by atoms with Gasteiger partial charge in [0.15, 0.2) is 8.32 Å². The van der Waals surface area contributed by atoms with Gasteiger partial charge in [0.1, 0.15) is 5.78 Å². The number of benzene rings is 1. The Kier molecular flexibility index (Phi) is 12.7. The highest BCUT2D eigenvalue weighted by Crippen LogP contribution is 2.40. The molecule has 0 aliphatic heterocycles. The van der Waals surface area contributed by atoms with Gasteiger partial charge in [0.05, 0.1) is 12.2 Å². The zero-order valence-electron chi connectivity index (χ0n) is 25.2. The summed E-state index contributed by atoms with van der Waals surface area (Å²) in [5, 5.41) is 0.140. The molecule has 1 saturated carbocycles. The van der Waals surface area contributed by atoms with E-state index >= 15 is 0 Å². The van der Waals surface area contributed by atoms with Crippen LogP contribution in [0.5, 0.6) is 0 Å². The molecule has 0 heterocycles. The smallest absolute Gasteiger partial charge is 0.306 e. The number of ether oxygens (including phenoxy) is 1. The van der Waals surface area contributed by atoms with Crippen molar-refractivity contribution in [3.8, 4) is 0 Å². The molecule has 0 bridgehead atoms. The molecule has 212 valence electrons. The third kappa shape index (κ3) is 10.6. The molecular formula is C33H52O4Si. The first-order valence-electron chi connectivity index (χ1n) is 14.6. The fraction of sp³-hybridized carbons (Fsp3) is 0.636. The van der Waals surface area contributed by atoms with Gasteiger partial charge < -0.3 is 9.16 Å². The Labute approximate surface area is 233 Å². The number of carbonyl (C=O) groups is 2. The Morgan fingerprint density at radius 3 is 2.45 bits per heavy atom. The zero-order valence-corrected chi connectivity index (χ0v) is 26.2. The van der Waals surface area contributed by atoms with Gasteiger partial charge in [-0.2, -0.15) is 0 Å². The van der Waals surface area contributed by atoms with E-state index in [-0.39, 0.29) is 35.1 Å². The van der Waals surface area contributed by atoms with Gasteiger partial charge in [-0.3, -0.25) is 9.59 Å². The first-order chi connectivity index (χ1) is 17.8. The minimum absolute atomic E-state index is 0.0195. The Balaban J connectivity index is 2.03. The lowest BCUT2D eigenvalue weighted by Gasteiger charge is -2.39. The Hall–Kier alpha value is -1.98. The molecule has 5 heteroatoms. The Morgan fingerprint density at radius 2 is 1.82 bits per heavy atom. The quantitative estimate of drug-likeness (QED) is 0.103. The van der Waals surface area contributed by atoms with Crippen LogP contribution in [0.15, 0.2) is 54.6 Å². The van der Waals surface area contributed by atoms with Crippen LogP contribution in [-0.4, -0.2) is 32.3 Å². The van der Waals surface area contributed by atoms with Gasteiger partial charge in [0, 0.05) is 18.8 Å². The van der Waals surface area contributed by atoms with Gasteiger partial charge in [0.25, 0.3) is 0 Å². The summed E-state index contributed by atoms with van der Waals surface area (Å²) in [6.07, 6.45) is 14.1. The molecular weight excluding hydrogens is 488 g/mol. The van der Waals surface area contributed by atoms with E-state index in [1.54, 1.807) is 0 Å². The largest absolute Gasteiger partial charge is 0.463 e. The molecule has 0 unspecified atom stereocenters. The number of aryl methyl sites for hydroxylation is 1. The fourth-order valence-electron chi connectivity index (χ4n) is 4.83. The van der Waals surface area contributed by atoms with Crippen LogP contribution in [0, 0.1) is 17.8 Å². The summed E-state index contributed by atoms with van der Waals surface area (Å²) < 4.78 is 12.1. The standard InChI is InChI=1S/C33H52O4Si/c1-25(2)36-32(35)19-15-10-9-14-18-30-29(26(3)24-31(30)34)23-22-28(37-38(7,8)33(4,5)6)21-20-27-16-12-11-13-17-27/h9,11-14,16-17,22-23,25-26,28-30H,10,15,18-21,24H2,1-8H3/b14-9-,23-22+/t26-,28+,29+,30-/m1/s1. The Bertz CT molecular complexity index is 926. The van der Waals surface area contributed by atoms with E-state index in [1.165, 1.54) is 5.56 Å². The van der Waals surface area contributed by atoms with Crippen molar-refractivity contribution in [3.63, 3.8) is 0 Å². The van der Waals surface area contributed by atoms with Gasteiger partial charge in [-0.1, -0.05) is 82.3 Å². The molecule has 2 rings (SSSR count). The second-order valence-corrected chi connectivity index (χ2v) is 17.6. The van der Waals surface area contributed by atoms with Crippen molar-refractivity contribution >= 4 is 20.1 Å². The number of allylic oxidation sites excluding steroid dienone is 3. The van der Waals surface area contributed by atoms with Crippen molar-refractivity contribution in [1.29, 1.82) is 0 Å². The van der Waals surface area contributed by atoms with Crippen LogP contribution < -0.4 is 0 Å². The molecule has 1 aromatic carbocycles. The average Bonchev–Trinajstić information content (AvgIpc) is 3.09. The molecule has 4 atom stereocenters. The molecule has 1 fully saturated rings. The van der Waals surface area contributed by atoms with E-state index in [9.17, 15) is 9.59 Å². The van der Waals surface area contributed by atoms with Crippen molar-refractivity contribution in [2.24, 2.45) is 17.8 Å². The lowest BCUT2D eigenvalue weighted by Crippen LogP contribution is -2.43. The molecule has 0 amide bonds. The SMILES string of the molecule is CC(C)OC(=O)CCC/C=C\C[C@H]1C(=O)C[C@@H](C)[C@@H]1/C=C/[C@H](CCc1ccccc1)O[Si](C)(C)C(C)(C)C. The number of unbranched alkanes of at least 4 members (excludes halogenated alkanes) is 1. The van der Waals surface area contributed by atoms with Crippen molar-refractivity contribution in [3.05, 3.63) is 60.2 Å². The van der Waals surface area contributed by atoms with Crippen LogP contribution in [0.25, 0.3) is 0 Å². The van der Waals surface area contributed by atoms with E-state index in [0.29, 0.717) is 24.5 Å². The molecule has 0 saturated heterocycles. The number of hydrogen-bond donors (Lipinski definition) is 0. The van der Waals surface area contributed by atoms with Crippen molar-refractivity contribution in [1.82, 2.24) is 0 Å². The van der Waals surface area contributed by atoms with Crippen molar-refractivity contribution in [2.45, 2.75) is 117 Å². The first-order valence-corrected chi connectivity index (χ1v) is 17.5. The third-order valence-corrected chi connectivity index (χ3v) is 12.6. The van der Waals surface area contributed by atoms with Crippen molar-refractivity contribution in [2.75, 3.05) is 0 Å². The molecule has 0 radical (unpaired) electrons. The number of rotatable bonds is 14. The monoisotopic (exact) mass is 540 g/mol. The molecule has 1 aliphatic carbocycles. The summed E-state index contributed by atoms with van der Waals surface area (Å²) in [7, 11) is -1.94. The highest BCUT2D eigenvalue weighted by molar-refractivity contribution is 6.74. The minimum Gasteiger partial charge on any atom is -0.463 e. The summed E-state index contributed by atoms with van der Waals surface area (Å²) in [4.78, 5) is 24.6. The van der Waals surface area contributed by atoms with Crippen LogP contribution in [-0.2, 0) is 25.2 Å². The maximum absolute atomic E-state index is 12.9. The molecule has 38 heavy (non-hydrogen) atoms. The fourth-order valence-corrected chi connectivity index (χ4v) is 6.14. The molecule has 4 nitrogen and oxygen atoms in total. The number of Topliss-reactive ketones (excluding diaryl/α,β-unsaturated/α-hetero) is 1. The number of ketones is 1. The van der Waals surface area contributed by atoms with E-state index in [1.807, 2.05) is 13.8 Å². The summed E-state index contributed by atoms with van der Waals surface area (Å²) in [6.45, 7) is 17.4. The number of carbonyl (C=O) groups excluding carboxylic acids is 2. The molecule has 0 spiro atoms. The maximum atomic E-state index is 12.9. The summed E-state index contributed by atoms with van der Waals surface area (Å²) >= 11 is 0. The molecule has 1 aromatic rings. The summed E-state index contributed by atoms with van der Waals surface area (Å²) in [6, 6.07) is 10.6. The van der Waals surface area contributed by atoms with Crippen LogP contribution >= 0.6 is 0 Å². The molecule has 0 N–H and O–H groups in total. The predicted molar refractivity (Wildman–Crippen MR) is 161 cm³/mol. The second-order valence-electron chi connectivity index (χ2n) is 12.8. The highest BCUT2D eigenvalue weighted by Gasteiger charge is 2.40. The number of esters is 1. The topological polar surface area (TPSA) is 52.6 Å². The molecule has 0 aromatic heterocycles. The predicted octanol–water partition coefficient (Wildman–Crippen LogP) is 8.48. The maximum Gasteiger partial charge on any atom is 0.306 e. The van der Waals surface area contributed by atoms with E-state index in [4.69, 9.17) is 9.16 Å². The van der Waals surface area contributed by atoms with Crippen LogP contribution in [0.2, 0.25) is 18.1 Å². The van der Waals surface area contributed by atoms with Gasteiger partial charge >= 0.3 is 5.97 Å². The Morgan fingerprint density at radius 1 is 1.13 bits per heavy atom. The first kappa shape index (κ1) is 32.2. The summed E-state index contributed by atoms with van der Waals surface area (Å²) in [5.41, 5.74) is 1.33. The second kappa shape index (κ2) is 15.0. The van der Waals surface area contributed by atoms with Gasteiger partial charge in [-0.25, -0.2) is 0 Å². The van der Waals surface area contributed by atoms with Crippen LogP contribution in [0.3, 0.4) is 0 Å². The minimum atomic E-state index is -1.94. The number of hydrogen-bond acceptors (Lipinski definition) is 4. The third-order valence-electron chi connectivity index (χ3n) is 8.09. The lowest BCUT2D eigenvalue weighted by molar-refractivity contribution is -0.147. The van der Waals surface area contributed by atoms with E-state index < -0.39 is 8.32 Å². The van der Waals surface area contributed by atoms with Gasteiger partial charge in [0.2, 0.25) is 0 Å². The van der Waals surface area contributed by atoms with Crippen LogP contribution in [0.1, 0.15) is 85.6 Å². The van der Waals surface area contributed by atoms with Gasteiger partial charge in [-0.15, -0.1) is 0 Å². The van der Waals surface area contributed by atoms with Crippen molar-refractivity contribution < 1.29 is 18.8 Å². The molecule has 1 aliphatic rings. The van der Waals surface area contributed by atoms with Crippen LogP contribution in [0.4, 0.5) is 0 Å². The normalized spacial score (nSPS) is 21.6. The van der Waals surface area contributed by atoms with Gasteiger partial charge in [-0.05, 0) is 81.5 Å². The van der Waals surface area contributed by atoms with E-state index in [0.717, 1.165) is 32.1 Å². The summed E-state index contributed by atoms with van der Waals surface area (Å²) in [5.74, 6) is 0.815. The zero-order chi connectivity index (χ0) is 28.3. The van der Waals surface area contributed by atoms with E-state index in [2.05, 4.69) is 95.4 Å². The highest BCUT2D eigenvalue weighted by atomic mass is 28.4.